The lowest BCUT2D eigenvalue weighted by molar-refractivity contribution is 0.499. The number of hydrogen-bond acceptors (Lipinski definition) is 2. The first kappa shape index (κ1) is 8.75. The fourth-order valence-electron chi connectivity index (χ4n) is 1.46. The van der Waals surface area contributed by atoms with Gasteiger partial charge in [0.05, 0.1) is 6.20 Å². The highest BCUT2D eigenvalue weighted by atomic mass is 15.2. The van der Waals surface area contributed by atoms with Gasteiger partial charge in [-0.2, -0.15) is 5.10 Å². The van der Waals surface area contributed by atoms with Crippen molar-refractivity contribution >= 4 is 0 Å². The average Bonchev–Trinajstić information content (AvgIpc) is 2.65. The molecular formula is C10H17N3. The highest BCUT2D eigenvalue weighted by Gasteiger charge is 2.36. The molecule has 0 aromatic carbocycles. The van der Waals surface area contributed by atoms with E-state index >= 15 is 0 Å². The second-order valence-corrected chi connectivity index (χ2v) is 4.44. The third-order valence-electron chi connectivity index (χ3n) is 2.74. The molecule has 1 saturated carbocycles. The smallest absolute Gasteiger partial charge is 0.0534 e. The van der Waals surface area contributed by atoms with Crippen molar-refractivity contribution in [3.05, 3.63) is 18.0 Å². The number of rotatable bonds is 4. The molecule has 13 heavy (non-hydrogen) atoms. The topological polar surface area (TPSA) is 29.9 Å². The van der Waals surface area contributed by atoms with Gasteiger partial charge in [0, 0.05) is 31.9 Å². The van der Waals surface area contributed by atoms with Crippen LogP contribution in [0.2, 0.25) is 0 Å². The van der Waals surface area contributed by atoms with E-state index in [1.165, 1.54) is 18.4 Å². The van der Waals surface area contributed by atoms with Gasteiger partial charge < -0.3 is 5.32 Å². The molecule has 0 bridgehead atoms. The number of nitrogens with one attached hydrogen (secondary N) is 1. The average molecular weight is 179 g/mol. The van der Waals surface area contributed by atoms with Gasteiger partial charge in [0.25, 0.3) is 0 Å². The van der Waals surface area contributed by atoms with E-state index in [4.69, 9.17) is 0 Å². The predicted octanol–water partition coefficient (Wildman–Crippen LogP) is 1.31. The van der Waals surface area contributed by atoms with Crippen molar-refractivity contribution < 1.29 is 0 Å². The second kappa shape index (κ2) is 3.14. The molecule has 0 unspecified atom stereocenters. The Hall–Kier alpha value is -0.830. The van der Waals surface area contributed by atoms with Crippen molar-refractivity contribution in [1.29, 1.82) is 0 Å². The van der Waals surface area contributed by atoms with E-state index in [1.54, 1.807) is 0 Å². The van der Waals surface area contributed by atoms with Crippen LogP contribution in [0.5, 0.6) is 0 Å². The summed E-state index contributed by atoms with van der Waals surface area (Å²) in [5.41, 5.74) is 1.87. The molecule has 1 fully saturated rings. The standard InChI is InChI=1S/C10H17N3/c1-10(3-4-10)8-11-5-9-6-12-13(2)7-9/h6-7,11H,3-5,8H2,1-2H3. The molecule has 1 aromatic heterocycles. The van der Waals surface area contributed by atoms with Gasteiger partial charge in [0.15, 0.2) is 0 Å². The number of aromatic nitrogens is 2. The van der Waals surface area contributed by atoms with Gasteiger partial charge in [-0.25, -0.2) is 0 Å². The number of hydrogen-bond donors (Lipinski definition) is 1. The summed E-state index contributed by atoms with van der Waals surface area (Å²) in [6.45, 7) is 4.43. The van der Waals surface area contributed by atoms with Crippen LogP contribution >= 0.6 is 0 Å². The highest BCUT2D eigenvalue weighted by Crippen LogP contribution is 2.44. The normalized spacial score (nSPS) is 18.9. The number of nitrogens with zero attached hydrogens (tertiary/aromatic N) is 2. The molecule has 72 valence electrons. The zero-order chi connectivity index (χ0) is 9.31. The van der Waals surface area contributed by atoms with Gasteiger partial charge in [-0.1, -0.05) is 6.92 Å². The summed E-state index contributed by atoms with van der Waals surface area (Å²) in [6, 6.07) is 0. The van der Waals surface area contributed by atoms with Crippen LogP contribution in [0.15, 0.2) is 12.4 Å². The molecule has 0 spiro atoms. The molecule has 3 nitrogen and oxygen atoms in total. The summed E-state index contributed by atoms with van der Waals surface area (Å²) in [5.74, 6) is 0. The number of aryl methyl sites for hydroxylation is 1. The summed E-state index contributed by atoms with van der Waals surface area (Å²) in [4.78, 5) is 0. The van der Waals surface area contributed by atoms with Crippen molar-refractivity contribution in [2.24, 2.45) is 12.5 Å². The van der Waals surface area contributed by atoms with Crippen LogP contribution in [0.25, 0.3) is 0 Å². The summed E-state index contributed by atoms with van der Waals surface area (Å²) in [5, 5.41) is 7.59. The fourth-order valence-corrected chi connectivity index (χ4v) is 1.46. The first-order valence-corrected chi connectivity index (χ1v) is 4.86. The van der Waals surface area contributed by atoms with Crippen LogP contribution in [-0.2, 0) is 13.6 Å². The van der Waals surface area contributed by atoms with E-state index in [2.05, 4.69) is 23.5 Å². The van der Waals surface area contributed by atoms with Crippen molar-refractivity contribution in [3.8, 4) is 0 Å². The fraction of sp³-hybridized carbons (Fsp3) is 0.700. The van der Waals surface area contributed by atoms with Gasteiger partial charge in [-0.3, -0.25) is 4.68 Å². The van der Waals surface area contributed by atoms with E-state index < -0.39 is 0 Å². The molecule has 0 atom stereocenters. The largest absolute Gasteiger partial charge is 0.312 e. The minimum atomic E-state index is 0.599. The molecule has 0 aliphatic heterocycles. The van der Waals surface area contributed by atoms with Crippen LogP contribution < -0.4 is 5.32 Å². The molecule has 1 N–H and O–H groups in total. The molecule has 1 aliphatic rings. The molecular weight excluding hydrogens is 162 g/mol. The van der Waals surface area contributed by atoms with Crippen LogP contribution in [0, 0.1) is 5.41 Å². The Bertz CT molecular complexity index is 286. The second-order valence-electron chi connectivity index (χ2n) is 4.44. The molecule has 1 heterocycles. The molecule has 3 heteroatoms. The van der Waals surface area contributed by atoms with Gasteiger partial charge in [-0.05, 0) is 18.3 Å². The third kappa shape index (κ3) is 2.31. The monoisotopic (exact) mass is 179 g/mol. The molecule has 0 saturated heterocycles. The maximum absolute atomic E-state index is 4.12. The first-order chi connectivity index (χ1) is 6.18. The van der Waals surface area contributed by atoms with Gasteiger partial charge in [-0.15, -0.1) is 0 Å². The zero-order valence-electron chi connectivity index (χ0n) is 8.38. The van der Waals surface area contributed by atoms with E-state index in [0.717, 1.165) is 13.1 Å². The van der Waals surface area contributed by atoms with Crippen LogP contribution in [0.4, 0.5) is 0 Å². The quantitative estimate of drug-likeness (QED) is 0.755. The van der Waals surface area contributed by atoms with Gasteiger partial charge in [0.2, 0.25) is 0 Å². The summed E-state index contributed by atoms with van der Waals surface area (Å²) < 4.78 is 1.84. The molecule has 0 amide bonds. The SMILES string of the molecule is Cn1cc(CNCC2(C)CC2)cn1. The Morgan fingerprint density at radius 1 is 1.62 bits per heavy atom. The minimum absolute atomic E-state index is 0.599. The van der Waals surface area contributed by atoms with Crippen LogP contribution in [0.3, 0.4) is 0 Å². The minimum Gasteiger partial charge on any atom is -0.312 e. The summed E-state index contributed by atoms with van der Waals surface area (Å²) in [7, 11) is 1.95. The van der Waals surface area contributed by atoms with Crippen LogP contribution in [0.1, 0.15) is 25.3 Å². The Morgan fingerprint density at radius 3 is 2.92 bits per heavy atom. The van der Waals surface area contributed by atoms with Crippen LogP contribution in [-0.4, -0.2) is 16.3 Å². The van der Waals surface area contributed by atoms with Crippen molar-refractivity contribution in [2.45, 2.75) is 26.3 Å². The highest BCUT2D eigenvalue weighted by molar-refractivity contribution is 5.03. The Morgan fingerprint density at radius 2 is 2.38 bits per heavy atom. The van der Waals surface area contributed by atoms with Crippen molar-refractivity contribution in [1.82, 2.24) is 15.1 Å². The first-order valence-electron chi connectivity index (χ1n) is 4.86. The third-order valence-corrected chi connectivity index (χ3v) is 2.74. The molecule has 0 radical (unpaired) electrons. The molecule has 1 aromatic rings. The van der Waals surface area contributed by atoms with Gasteiger partial charge in [0.1, 0.15) is 0 Å². The Balaban J connectivity index is 1.73. The Labute approximate surface area is 79.1 Å². The van der Waals surface area contributed by atoms with E-state index in [-0.39, 0.29) is 0 Å². The summed E-state index contributed by atoms with van der Waals surface area (Å²) >= 11 is 0. The maximum atomic E-state index is 4.12. The van der Waals surface area contributed by atoms with E-state index in [9.17, 15) is 0 Å². The van der Waals surface area contributed by atoms with Crippen molar-refractivity contribution in [3.63, 3.8) is 0 Å². The maximum Gasteiger partial charge on any atom is 0.0534 e. The lowest BCUT2D eigenvalue weighted by Crippen LogP contribution is -2.21. The predicted molar refractivity (Wildman–Crippen MR) is 52.3 cm³/mol. The Kier molecular flexibility index (Phi) is 2.12. The van der Waals surface area contributed by atoms with E-state index in [0.29, 0.717) is 5.41 Å². The summed E-state index contributed by atoms with van der Waals surface area (Å²) in [6.07, 6.45) is 6.74. The molecule has 2 rings (SSSR count). The zero-order valence-corrected chi connectivity index (χ0v) is 8.38. The lowest BCUT2D eigenvalue weighted by atomic mass is 10.1. The van der Waals surface area contributed by atoms with Gasteiger partial charge >= 0.3 is 0 Å². The van der Waals surface area contributed by atoms with E-state index in [1.807, 2.05) is 17.9 Å². The molecule has 1 aliphatic carbocycles. The van der Waals surface area contributed by atoms with Crippen molar-refractivity contribution in [2.75, 3.05) is 6.54 Å². The lowest BCUT2D eigenvalue weighted by Gasteiger charge is -2.08.